The number of rotatable bonds is 28. The van der Waals surface area contributed by atoms with Crippen molar-refractivity contribution in [3.05, 3.63) is 0 Å². The molecule has 0 aliphatic carbocycles. The van der Waals surface area contributed by atoms with Gasteiger partial charge in [0.2, 0.25) is 5.91 Å². The maximum atomic E-state index is 10.9. The molecule has 0 aliphatic heterocycles. The summed E-state index contributed by atoms with van der Waals surface area (Å²) in [4.78, 5) is 28.5. The highest BCUT2D eigenvalue weighted by atomic mass is 31.2. The second-order valence-corrected chi connectivity index (χ2v) is 12.3. The van der Waals surface area contributed by atoms with Gasteiger partial charge in [0, 0.05) is 12.6 Å². The molecule has 0 rings (SSSR count). The minimum absolute atomic E-state index is 0.0496. The van der Waals surface area contributed by atoms with Crippen molar-refractivity contribution in [2.24, 2.45) is 0 Å². The minimum atomic E-state index is -3.78. The van der Waals surface area contributed by atoms with E-state index in [-0.39, 0.29) is 12.1 Å². The monoisotopic (exact) mass is 519 g/mol. The molecule has 0 bridgehead atoms. The van der Waals surface area contributed by atoms with E-state index in [0.29, 0.717) is 12.8 Å². The second kappa shape index (κ2) is 26.6. The molecule has 0 aromatic rings. The smallest absolute Gasteiger partial charge is 0.324 e. The molecule has 0 radical (unpaired) electrons. The number of hydrogen-bond donors (Lipinski definition) is 4. The summed E-state index contributed by atoms with van der Waals surface area (Å²) in [5, 5.41) is 8.43. The number of carbonyl (C=O) groups is 1. The Balaban J connectivity index is 3.06. The first-order chi connectivity index (χ1) is 17.0. The van der Waals surface area contributed by atoms with E-state index in [2.05, 4.69) is 0 Å². The van der Waals surface area contributed by atoms with E-state index < -0.39 is 7.60 Å². The topological polar surface area (TPSA) is 107 Å². The van der Waals surface area contributed by atoms with E-state index in [1.807, 2.05) is 0 Å². The Morgan fingerprint density at radius 2 is 0.686 bits per heavy atom. The van der Waals surface area contributed by atoms with Gasteiger partial charge in [0.25, 0.3) is 0 Å². The van der Waals surface area contributed by atoms with Gasteiger partial charge in [0.15, 0.2) is 0 Å². The van der Waals surface area contributed by atoms with Crippen LogP contribution in [0.15, 0.2) is 0 Å². The van der Waals surface area contributed by atoms with Crippen molar-refractivity contribution in [2.45, 2.75) is 167 Å². The quantitative estimate of drug-likeness (QED) is 0.0357. The molecule has 0 heterocycles. The van der Waals surface area contributed by atoms with Gasteiger partial charge in [0.05, 0.1) is 0 Å². The third-order valence-corrected chi connectivity index (χ3v) is 7.88. The zero-order valence-corrected chi connectivity index (χ0v) is 23.6. The lowest BCUT2D eigenvalue weighted by Gasteiger charge is -2.05. The van der Waals surface area contributed by atoms with Crippen LogP contribution in [0.3, 0.4) is 0 Å². The Bertz CT molecular complexity index is 498. The molecule has 0 aromatic carbocycles. The van der Waals surface area contributed by atoms with Crippen LogP contribution >= 0.6 is 7.60 Å². The fraction of sp³-hybridized carbons (Fsp3) is 0.964. The van der Waals surface area contributed by atoms with E-state index >= 15 is 0 Å². The van der Waals surface area contributed by atoms with E-state index in [9.17, 15) is 9.36 Å². The molecule has 0 spiro atoms. The van der Waals surface area contributed by atoms with E-state index in [1.165, 1.54) is 128 Å². The Morgan fingerprint density at radius 1 is 0.457 bits per heavy atom. The normalized spacial score (nSPS) is 11.7. The first-order valence-electron chi connectivity index (χ1n) is 14.9. The van der Waals surface area contributed by atoms with Gasteiger partial charge in [-0.1, -0.05) is 148 Å². The summed E-state index contributed by atoms with van der Waals surface area (Å²) in [6.45, 7) is 0. The molecule has 0 atom stereocenters. The molecule has 0 fully saturated rings. The summed E-state index contributed by atoms with van der Waals surface area (Å²) in [5.74, 6) is -0.269. The van der Waals surface area contributed by atoms with Crippen molar-refractivity contribution in [3.8, 4) is 0 Å². The zero-order valence-electron chi connectivity index (χ0n) is 22.7. The molecule has 0 saturated carbocycles. The number of amides is 1. The van der Waals surface area contributed by atoms with Crippen molar-refractivity contribution in [2.75, 3.05) is 6.16 Å². The molecule has 1 amide bonds. The van der Waals surface area contributed by atoms with Gasteiger partial charge in [-0.05, 0) is 12.8 Å². The van der Waals surface area contributed by atoms with E-state index in [1.54, 1.807) is 5.48 Å². The van der Waals surface area contributed by atoms with Crippen LogP contribution in [0.5, 0.6) is 0 Å². The summed E-state index contributed by atoms with van der Waals surface area (Å²) in [7, 11) is -3.78. The highest BCUT2D eigenvalue weighted by Gasteiger charge is 2.10. The number of unbranched alkanes of at least 4 members (excludes halogenated alkanes) is 24. The molecular weight excluding hydrogens is 461 g/mol. The van der Waals surface area contributed by atoms with Gasteiger partial charge in [-0.2, -0.15) is 0 Å². The predicted molar refractivity (Wildman–Crippen MR) is 147 cm³/mol. The lowest BCUT2D eigenvalue weighted by molar-refractivity contribution is -0.129. The van der Waals surface area contributed by atoms with Gasteiger partial charge in [-0.25, -0.2) is 5.48 Å². The van der Waals surface area contributed by atoms with Crippen molar-refractivity contribution < 1.29 is 24.4 Å². The molecule has 0 unspecified atom stereocenters. The molecule has 0 aliphatic rings. The average molecular weight is 520 g/mol. The zero-order chi connectivity index (χ0) is 25.9. The van der Waals surface area contributed by atoms with Gasteiger partial charge in [0.1, 0.15) is 0 Å². The molecule has 35 heavy (non-hydrogen) atoms. The standard InChI is InChI=1S/C28H58NO5P/c30-28(29-31)26-24-22-20-18-16-14-12-10-8-6-4-2-1-3-5-7-9-11-13-15-17-19-21-23-25-27-35(32,33)34/h31H,1-27H2,(H,29,30)(H2,32,33,34). The van der Waals surface area contributed by atoms with E-state index in [0.717, 1.165) is 25.7 Å². The van der Waals surface area contributed by atoms with Crippen LogP contribution in [0, 0.1) is 0 Å². The molecule has 7 heteroatoms. The van der Waals surface area contributed by atoms with Crippen LogP contribution in [-0.2, 0) is 9.36 Å². The highest BCUT2D eigenvalue weighted by molar-refractivity contribution is 7.51. The Kier molecular flexibility index (Phi) is 26.3. The first kappa shape index (κ1) is 34.6. The van der Waals surface area contributed by atoms with Gasteiger partial charge in [-0.3, -0.25) is 14.6 Å². The molecule has 0 aromatic heterocycles. The summed E-state index contributed by atoms with van der Waals surface area (Å²) in [5.41, 5.74) is 1.68. The van der Waals surface area contributed by atoms with Crippen molar-refractivity contribution >= 4 is 13.5 Å². The first-order valence-corrected chi connectivity index (χ1v) is 16.7. The van der Waals surface area contributed by atoms with Crippen LogP contribution in [-0.4, -0.2) is 27.1 Å². The summed E-state index contributed by atoms with van der Waals surface area (Å²) in [6, 6.07) is 0. The average Bonchev–Trinajstić information content (AvgIpc) is 2.82. The third kappa shape index (κ3) is 31.6. The Morgan fingerprint density at radius 3 is 0.914 bits per heavy atom. The van der Waals surface area contributed by atoms with Crippen molar-refractivity contribution in [1.82, 2.24) is 5.48 Å². The second-order valence-electron chi connectivity index (χ2n) is 10.5. The van der Waals surface area contributed by atoms with Gasteiger partial charge >= 0.3 is 7.60 Å². The van der Waals surface area contributed by atoms with Crippen LogP contribution in [0.25, 0.3) is 0 Å². The molecule has 6 nitrogen and oxygen atoms in total. The van der Waals surface area contributed by atoms with Crippen molar-refractivity contribution in [3.63, 3.8) is 0 Å². The maximum Gasteiger partial charge on any atom is 0.325 e. The van der Waals surface area contributed by atoms with Gasteiger partial charge < -0.3 is 9.79 Å². The number of hydroxylamine groups is 1. The van der Waals surface area contributed by atoms with Crippen LogP contribution in [0.2, 0.25) is 0 Å². The molecule has 210 valence electrons. The Labute approximate surface area is 216 Å². The van der Waals surface area contributed by atoms with Crippen LogP contribution in [0.4, 0.5) is 0 Å². The number of carbonyl (C=O) groups excluding carboxylic acids is 1. The SMILES string of the molecule is O=C(CCCCCCCCCCCCCCCCCCCCCCCCCCCP(=O)(O)O)NO. The van der Waals surface area contributed by atoms with Gasteiger partial charge in [-0.15, -0.1) is 0 Å². The Hall–Kier alpha value is -0.420. The fourth-order valence-electron chi connectivity index (χ4n) is 4.73. The van der Waals surface area contributed by atoms with E-state index in [4.69, 9.17) is 15.0 Å². The van der Waals surface area contributed by atoms with Crippen molar-refractivity contribution in [1.29, 1.82) is 0 Å². The molecule has 4 N–H and O–H groups in total. The lowest BCUT2D eigenvalue weighted by atomic mass is 10.0. The summed E-state index contributed by atoms with van der Waals surface area (Å²) >= 11 is 0. The summed E-state index contributed by atoms with van der Waals surface area (Å²) < 4.78 is 10.8. The highest BCUT2D eigenvalue weighted by Crippen LogP contribution is 2.35. The molecule has 0 saturated heterocycles. The third-order valence-electron chi connectivity index (χ3n) is 6.98. The predicted octanol–water partition coefficient (Wildman–Crippen LogP) is 8.81. The largest absolute Gasteiger partial charge is 0.325 e. The summed E-state index contributed by atoms with van der Waals surface area (Å²) in [6.07, 6.45) is 32.1. The number of nitrogens with one attached hydrogen (secondary N) is 1. The van der Waals surface area contributed by atoms with Crippen LogP contribution < -0.4 is 5.48 Å². The van der Waals surface area contributed by atoms with Crippen LogP contribution in [0.1, 0.15) is 167 Å². The maximum absolute atomic E-state index is 10.9. The lowest BCUT2D eigenvalue weighted by Crippen LogP contribution is -2.17. The fourth-order valence-corrected chi connectivity index (χ4v) is 5.36. The molecular formula is C28H58NO5P. The number of hydrogen-bond acceptors (Lipinski definition) is 3. The minimum Gasteiger partial charge on any atom is -0.324 e.